The van der Waals surface area contributed by atoms with Gasteiger partial charge < -0.3 is 15.2 Å². The van der Waals surface area contributed by atoms with Crippen molar-refractivity contribution in [1.29, 1.82) is 0 Å². The molecule has 1 fully saturated rings. The van der Waals surface area contributed by atoms with Gasteiger partial charge in [0.15, 0.2) is 6.04 Å². The summed E-state index contributed by atoms with van der Waals surface area (Å²) in [4.78, 5) is 23.4. The van der Waals surface area contributed by atoms with E-state index in [9.17, 15) is 14.7 Å². The minimum Gasteiger partial charge on any atom is -0.479 e. The van der Waals surface area contributed by atoms with Crippen LogP contribution in [0.1, 0.15) is 56.7 Å². The molecule has 1 amide bonds. The van der Waals surface area contributed by atoms with Crippen LogP contribution in [0.25, 0.3) is 0 Å². The summed E-state index contributed by atoms with van der Waals surface area (Å²) >= 11 is 0. The molecule has 1 aromatic carbocycles. The van der Waals surface area contributed by atoms with E-state index in [1.165, 1.54) is 0 Å². The van der Waals surface area contributed by atoms with Crippen LogP contribution in [0.3, 0.4) is 0 Å². The molecular weight excluding hydrogens is 270 g/mol. The van der Waals surface area contributed by atoms with Gasteiger partial charge in [-0.15, -0.1) is 0 Å². The minimum absolute atomic E-state index is 0.406. The van der Waals surface area contributed by atoms with Crippen LogP contribution in [0.4, 0.5) is 4.79 Å². The van der Waals surface area contributed by atoms with Crippen molar-refractivity contribution in [3.63, 3.8) is 0 Å². The number of carboxylic acids is 1. The van der Waals surface area contributed by atoms with Crippen LogP contribution in [0.2, 0.25) is 0 Å². The van der Waals surface area contributed by atoms with E-state index in [0.717, 1.165) is 18.4 Å². The maximum absolute atomic E-state index is 11.8. The Balaban J connectivity index is 2.20. The van der Waals surface area contributed by atoms with Gasteiger partial charge >= 0.3 is 12.1 Å². The quantitative estimate of drug-likeness (QED) is 0.893. The number of carboxylic acid groups (broad SMARTS) is 1. The molecule has 1 aliphatic carbocycles. The highest BCUT2D eigenvalue weighted by molar-refractivity contribution is 5.82. The van der Waals surface area contributed by atoms with Gasteiger partial charge in [0, 0.05) is 0 Å². The highest BCUT2D eigenvalue weighted by atomic mass is 16.6. The Bertz CT molecular complexity index is 543. The van der Waals surface area contributed by atoms with E-state index in [-0.39, 0.29) is 0 Å². The molecule has 0 heterocycles. The number of hydrogen-bond donors (Lipinski definition) is 2. The summed E-state index contributed by atoms with van der Waals surface area (Å²) in [5.41, 5.74) is 0.975. The third kappa shape index (κ3) is 4.21. The number of amides is 1. The van der Waals surface area contributed by atoms with Crippen LogP contribution < -0.4 is 5.32 Å². The highest BCUT2D eigenvalue weighted by Gasteiger charge is 2.32. The molecule has 114 valence electrons. The molecule has 2 rings (SSSR count). The van der Waals surface area contributed by atoms with Crippen LogP contribution in [0.5, 0.6) is 0 Å². The van der Waals surface area contributed by atoms with Crippen LogP contribution in [0.15, 0.2) is 24.3 Å². The van der Waals surface area contributed by atoms with Gasteiger partial charge in [-0.25, -0.2) is 9.59 Å². The van der Waals surface area contributed by atoms with Crippen LogP contribution in [0, 0.1) is 0 Å². The largest absolute Gasteiger partial charge is 0.479 e. The lowest BCUT2D eigenvalue weighted by Gasteiger charge is -2.23. The number of rotatable bonds is 4. The first-order chi connectivity index (χ1) is 9.78. The van der Waals surface area contributed by atoms with E-state index >= 15 is 0 Å². The number of carbonyl (C=O) groups excluding carboxylic acids is 1. The predicted octanol–water partition coefficient (Wildman–Crippen LogP) is 3.21. The van der Waals surface area contributed by atoms with Crippen LogP contribution >= 0.6 is 0 Å². The van der Waals surface area contributed by atoms with Crippen molar-refractivity contribution >= 4 is 12.1 Å². The molecule has 2 N–H and O–H groups in total. The Morgan fingerprint density at radius 1 is 1.29 bits per heavy atom. The van der Waals surface area contributed by atoms with Crippen LogP contribution in [-0.4, -0.2) is 22.8 Å². The van der Waals surface area contributed by atoms with E-state index in [2.05, 4.69) is 5.32 Å². The number of benzene rings is 1. The molecule has 1 aromatic rings. The summed E-state index contributed by atoms with van der Waals surface area (Å²) in [5.74, 6) is -0.683. The van der Waals surface area contributed by atoms with Gasteiger partial charge in [0.25, 0.3) is 0 Å². The van der Waals surface area contributed by atoms with Crippen molar-refractivity contribution in [2.75, 3.05) is 0 Å². The van der Waals surface area contributed by atoms with E-state index in [4.69, 9.17) is 4.74 Å². The number of hydrogen-bond acceptors (Lipinski definition) is 3. The highest BCUT2D eigenvalue weighted by Crippen LogP contribution is 2.43. The normalized spacial score (nSPS) is 16.1. The average Bonchev–Trinajstić information content (AvgIpc) is 3.17. The van der Waals surface area contributed by atoms with Crippen molar-refractivity contribution in [2.45, 2.75) is 51.2 Å². The van der Waals surface area contributed by atoms with Crippen LogP contribution in [-0.2, 0) is 9.53 Å². The topological polar surface area (TPSA) is 75.6 Å². The zero-order valence-corrected chi connectivity index (χ0v) is 12.6. The van der Waals surface area contributed by atoms with Gasteiger partial charge in [-0.05, 0) is 50.7 Å². The van der Waals surface area contributed by atoms with Crippen molar-refractivity contribution in [1.82, 2.24) is 5.32 Å². The number of ether oxygens (including phenoxy) is 1. The molecule has 1 aliphatic rings. The molecule has 0 aromatic heterocycles. The first-order valence-electron chi connectivity index (χ1n) is 7.09. The smallest absolute Gasteiger partial charge is 0.408 e. The second-order valence-corrected chi connectivity index (χ2v) is 6.32. The predicted molar refractivity (Wildman–Crippen MR) is 78.2 cm³/mol. The molecule has 1 saturated carbocycles. The second-order valence-electron chi connectivity index (χ2n) is 6.32. The molecule has 21 heavy (non-hydrogen) atoms. The number of carbonyl (C=O) groups is 2. The molecule has 0 radical (unpaired) electrons. The molecule has 5 heteroatoms. The van der Waals surface area contributed by atoms with Crippen molar-refractivity contribution in [3.05, 3.63) is 35.4 Å². The van der Waals surface area contributed by atoms with Crippen molar-refractivity contribution in [3.8, 4) is 0 Å². The molecule has 0 saturated heterocycles. The number of alkyl carbamates (subject to hydrolysis) is 1. The third-order valence-corrected chi connectivity index (χ3v) is 3.23. The van der Waals surface area contributed by atoms with Crippen molar-refractivity contribution < 1.29 is 19.4 Å². The first kappa shape index (κ1) is 15.4. The summed E-state index contributed by atoms with van der Waals surface area (Å²) < 4.78 is 5.14. The number of nitrogens with one attached hydrogen (secondary N) is 1. The monoisotopic (exact) mass is 291 g/mol. The van der Waals surface area contributed by atoms with Gasteiger partial charge in [0.05, 0.1) is 0 Å². The Kier molecular flexibility index (Phi) is 4.21. The zero-order valence-electron chi connectivity index (χ0n) is 12.6. The lowest BCUT2D eigenvalue weighted by atomic mass is 9.97. The zero-order chi connectivity index (χ0) is 15.6. The fraction of sp³-hybridized carbons (Fsp3) is 0.500. The second kappa shape index (κ2) is 5.76. The van der Waals surface area contributed by atoms with Gasteiger partial charge in [-0.3, -0.25) is 0 Å². The summed E-state index contributed by atoms with van der Waals surface area (Å²) in [6.07, 6.45) is 1.41. The Morgan fingerprint density at radius 2 is 1.90 bits per heavy atom. The number of aliphatic carboxylic acids is 1. The van der Waals surface area contributed by atoms with Gasteiger partial charge in [-0.1, -0.05) is 24.3 Å². The van der Waals surface area contributed by atoms with Gasteiger partial charge in [0.2, 0.25) is 0 Å². The summed E-state index contributed by atoms with van der Waals surface area (Å²) in [5, 5.41) is 11.9. The third-order valence-electron chi connectivity index (χ3n) is 3.23. The standard InChI is InChI=1S/C16H21NO4/c1-16(2,3)21-15(20)17-13(14(18)19)12-7-5-4-6-11(12)10-8-9-10/h4-7,10,13H,8-9H2,1-3H3,(H,17,20)(H,18,19). The SMILES string of the molecule is CC(C)(C)OC(=O)NC(C(=O)O)c1ccccc1C1CC1. The van der Waals surface area contributed by atoms with E-state index in [1.807, 2.05) is 12.1 Å². The summed E-state index contributed by atoms with van der Waals surface area (Å²) in [7, 11) is 0. The van der Waals surface area contributed by atoms with E-state index in [1.54, 1.807) is 32.9 Å². The maximum Gasteiger partial charge on any atom is 0.408 e. The Labute approximate surface area is 124 Å². The molecule has 1 unspecified atom stereocenters. The molecule has 0 bridgehead atoms. The van der Waals surface area contributed by atoms with E-state index in [0.29, 0.717) is 11.5 Å². The van der Waals surface area contributed by atoms with E-state index < -0.39 is 23.7 Å². The molecule has 0 spiro atoms. The fourth-order valence-corrected chi connectivity index (χ4v) is 2.24. The molecule has 1 atom stereocenters. The summed E-state index contributed by atoms with van der Waals surface area (Å²) in [6, 6.07) is 6.28. The Morgan fingerprint density at radius 3 is 2.43 bits per heavy atom. The minimum atomic E-state index is -1.09. The van der Waals surface area contributed by atoms with Gasteiger partial charge in [-0.2, -0.15) is 0 Å². The lowest BCUT2D eigenvalue weighted by Crippen LogP contribution is -2.38. The Hall–Kier alpha value is -2.04. The fourth-order valence-electron chi connectivity index (χ4n) is 2.24. The molecular formula is C16H21NO4. The average molecular weight is 291 g/mol. The summed E-state index contributed by atoms with van der Waals surface area (Å²) in [6.45, 7) is 5.21. The molecule has 5 nitrogen and oxygen atoms in total. The van der Waals surface area contributed by atoms with Crippen molar-refractivity contribution in [2.24, 2.45) is 0 Å². The lowest BCUT2D eigenvalue weighted by molar-refractivity contribution is -0.139. The first-order valence-corrected chi connectivity index (χ1v) is 7.09. The molecule has 0 aliphatic heterocycles. The maximum atomic E-state index is 11.8. The van der Waals surface area contributed by atoms with Gasteiger partial charge in [0.1, 0.15) is 5.60 Å².